The number of nitrogens with two attached hydrogens (primary N) is 1. The molecule has 10 heteroatoms. The van der Waals surface area contributed by atoms with Crippen molar-refractivity contribution < 1.29 is 37.6 Å². The number of ether oxygens (including phenoxy) is 2. The van der Waals surface area contributed by atoms with Gasteiger partial charge in [-0.3, -0.25) is 18.6 Å². The summed E-state index contributed by atoms with van der Waals surface area (Å²) >= 11 is 0. The number of phosphoric ester groups is 1. The van der Waals surface area contributed by atoms with Crippen molar-refractivity contribution in [3.05, 3.63) is 72.9 Å². The Hall–Kier alpha value is -2.55. The van der Waals surface area contributed by atoms with Gasteiger partial charge in [0.1, 0.15) is 6.61 Å². The van der Waals surface area contributed by atoms with E-state index in [1.165, 1.54) is 64.2 Å². The lowest BCUT2D eigenvalue weighted by atomic mass is 10.1. The van der Waals surface area contributed by atoms with Crippen LogP contribution in [0.4, 0.5) is 0 Å². The van der Waals surface area contributed by atoms with E-state index in [1.54, 1.807) is 0 Å². The van der Waals surface area contributed by atoms with Crippen LogP contribution in [0.1, 0.15) is 181 Å². The molecule has 0 aliphatic carbocycles. The smallest absolute Gasteiger partial charge is 0.462 e. The van der Waals surface area contributed by atoms with Gasteiger partial charge in [0.25, 0.3) is 0 Å². The largest absolute Gasteiger partial charge is 0.472 e. The van der Waals surface area contributed by atoms with E-state index < -0.39 is 32.5 Å². The average molecular weight is 820 g/mol. The summed E-state index contributed by atoms with van der Waals surface area (Å²) in [4.78, 5) is 34.9. The van der Waals surface area contributed by atoms with Crippen molar-refractivity contribution in [3.63, 3.8) is 0 Å². The van der Waals surface area contributed by atoms with Crippen LogP contribution in [0, 0.1) is 0 Å². The van der Waals surface area contributed by atoms with Crippen molar-refractivity contribution in [1.82, 2.24) is 0 Å². The van der Waals surface area contributed by atoms with E-state index in [0.717, 1.165) is 77.0 Å². The van der Waals surface area contributed by atoms with Gasteiger partial charge in [0.05, 0.1) is 13.2 Å². The van der Waals surface area contributed by atoms with Crippen LogP contribution >= 0.6 is 7.82 Å². The fraction of sp³-hybridized carbons (Fsp3) is 0.702. The highest BCUT2D eigenvalue weighted by atomic mass is 31.2. The number of rotatable bonds is 41. The first-order valence-electron chi connectivity index (χ1n) is 22.4. The third-order valence-electron chi connectivity index (χ3n) is 9.08. The van der Waals surface area contributed by atoms with Crippen LogP contribution in [0.2, 0.25) is 0 Å². The molecule has 0 spiro atoms. The summed E-state index contributed by atoms with van der Waals surface area (Å²) in [7, 11) is -4.39. The first-order chi connectivity index (χ1) is 27.8. The number of unbranched alkanes of at least 4 members (excludes halogenated alkanes) is 16. The topological polar surface area (TPSA) is 134 Å². The van der Waals surface area contributed by atoms with E-state index in [1.807, 2.05) is 0 Å². The van der Waals surface area contributed by atoms with Crippen LogP contribution in [0.15, 0.2) is 72.9 Å². The van der Waals surface area contributed by atoms with Crippen LogP contribution in [0.25, 0.3) is 0 Å². The van der Waals surface area contributed by atoms with E-state index >= 15 is 0 Å². The van der Waals surface area contributed by atoms with Crippen molar-refractivity contribution in [2.75, 3.05) is 26.4 Å². The third-order valence-corrected chi connectivity index (χ3v) is 10.1. The van der Waals surface area contributed by atoms with E-state index in [-0.39, 0.29) is 32.6 Å². The zero-order valence-electron chi connectivity index (χ0n) is 36.0. The number of esters is 2. The standard InChI is InChI=1S/C47H82NO8P/c1-3-5-7-9-11-13-15-17-19-21-22-24-25-27-29-31-33-35-37-39-46(49)53-43-45(44-55-57(51,52)54-42-41-48)56-47(50)40-38-36-34-32-30-28-26-23-20-18-16-14-12-10-8-6-4-2/h5,7,11,13,17-20,22,24,27,29,45H,3-4,6,8-10,12,14-16,21,23,25-26,28,30-44,48H2,1-2H3,(H,51,52)/b7-5-,13-11-,19-17-,20-18-,24-22-,29-27-/t45-/m1/s1. The number of carbonyl (C=O) groups is 2. The van der Waals surface area contributed by atoms with E-state index in [2.05, 4.69) is 86.8 Å². The molecule has 0 aliphatic heterocycles. The molecule has 2 atom stereocenters. The molecule has 0 saturated heterocycles. The number of hydrogen-bond acceptors (Lipinski definition) is 8. The van der Waals surface area contributed by atoms with Gasteiger partial charge in [0, 0.05) is 19.4 Å². The molecule has 9 nitrogen and oxygen atoms in total. The fourth-order valence-electron chi connectivity index (χ4n) is 5.77. The second kappa shape index (κ2) is 43.0. The lowest BCUT2D eigenvalue weighted by Crippen LogP contribution is -2.29. The SMILES string of the molecule is CC/C=C\C/C=C\C/C=C\C/C=C\C/C=C\CCCCCC(=O)OC[C@H](COP(=O)(O)OCCN)OC(=O)CCCCCCCCC/C=C\CCCCCCCC. The summed E-state index contributed by atoms with van der Waals surface area (Å²) in [5.41, 5.74) is 5.35. The van der Waals surface area contributed by atoms with Gasteiger partial charge in [0.15, 0.2) is 6.10 Å². The maximum absolute atomic E-state index is 12.6. The van der Waals surface area contributed by atoms with E-state index in [9.17, 15) is 19.0 Å². The molecule has 0 saturated carbocycles. The van der Waals surface area contributed by atoms with Crippen LogP contribution in [-0.2, 0) is 32.7 Å². The first-order valence-corrected chi connectivity index (χ1v) is 23.9. The number of allylic oxidation sites excluding steroid dienone is 12. The molecule has 0 bridgehead atoms. The average Bonchev–Trinajstić information content (AvgIpc) is 3.20. The summed E-state index contributed by atoms with van der Waals surface area (Å²) in [5, 5.41) is 0. The van der Waals surface area contributed by atoms with Gasteiger partial charge in [-0.05, 0) is 83.5 Å². The molecule has 0 rings (SSSR count). The van der Waals surface area contributed by atoms with Crippen LogP contribution in [0.3, 0.4) is 0 Å². The molecule has 0 amide bonds. The Kier molecular flexibility index (Phi) is 41.1. The number of carbonyl (C=O) groups excluding carboxylic acids is 2. The molecule has 0 aliphatic rings. The minimum Gasteiger partial charge on any atom is -0.462 e. The summed E-state index contributed by atoms with van der Waals surface area (Å²) < 4.78 is 32.8. The molecule has 0 radical (unpaired) electrons. The van der Waals surface area contributed by atoms with Crippen molar-refractivity contribution >= 4 is 19.8 Å². The minimum absolute atomic E-state index is 0.0446. The van der Waals surface area contributed by atoms with Gasteiger partial charge in [-0.15, -0.1) is 0 Å². The lowest BCUT2D eigenvalue weighted by Gasteiger charge is -2.19. The molecule has 0 aromatic carbocycles. The molecule has 0 fully saturated rings. The van der Waals surface area contributed by atoms with E-state index in [4.69, 9.17) is 24.3 Å². The quantitative estimate of drug-likeness (QED) is 0.0267. The molecular formula is C47H82NO8P. The summed E-state index contributed by atoms with van der Waals surface area (Å²) in [6.07, 6.45) is 52.1. The lowest BCUT2D eigenvalue weighted by molar-refractivity contribution is -0.161. The zero-order valence-corrected chi connectivity index (χ0v) is 36.9. The van der Waals surface area contributed by atoms with E-state index in [0.29, 0.717) is 12.8 Å². The summed E-state index contributed by atoms with van der Waals surface area (Å²) in [5.74, 6) is -0.875. The van der Waals surface area contributed by atoms with Crippen LogP contribution in [0.5, 0.6) is 0 Å². The molecule has 57 heavy (non-hydrogen) atoms. The Morgan fingerprint density at radius 3 is 1.47 bits per heavy atom. The summed E-state index contributed by atoms with van der Waals surface area (Å²) in [6.45, 7) is 3.56. The zero-order chi connectivity index (χ0) is 41.8. The van der Waals surface area contributed by atoms with Crippen LogP contribution < -0.4 is 5.73 Å². The molecular weight excluding hydrogens is 737 g/mol. The normalized spacial score (nSPS) is 14.0. The third kappa shape index (κ3) is 42.9. The predicted molar refractivity (Wildman–Crippen MR) is 238 cm³/mol. The Bertz CT molecular complexity index is 1160. The monoisotopic (exact) mass is 820 g/mol. The van der Waals surface area contributed by atoms with Crippen molar-refractivity contribution in [1.29, 1.82) is 0 Å². The Balaban J connectivity index is 4.22. The Labute approximate surface area is 348 Å². The van der Waals surface area contributed by atoms with Crippen molar-refractivity contribution in [2.45, 2.75) is 187 Å². The van der Waals surface area contributed by atoms with Crippen molar-refractivity contribution in [3.8, 4) is 0 Å². The highest BCUT2D eigenvalue weighted by Gasteiger charge is 2.26. The number of phosphoric acid groups is 1. The van der Waals surface area contributed by atoms with Gasteiger partial charge in [0.2, 0.25) is 0 Å². The van der Waals surface area contributed by atoms with Gasteiger partial charge >= 0.3 is 19.8 Å². The minimum atomic E-state index is -4.39. The molecule has 0 aromatic heterocycles. The van der Waals surface area contributed by atoms with Gasteiger partial charge in [-0.25, -0.2) is 4.57 Å². The Morgan fingerprint density at radius 2 is 0.965 bits per heavy atom. The summed E-state index contributed by atoms with van der Waals surface area (Å²) in [6, 6.07) is 0. The molecule has 1 unspecified atom stereocenters. The van der Waals surface area contributed by atoms with Gasteiger partial charge in [-0.2, -0.15) is 0 Å². The Morgan fingerprint density at radius 1 is 0.544 bits per heavy atom. The highest BCUT2D eigenvalue weighted by Crippen LogP contribution is 2.43. The molecule has 3 N–H and O–H groups in total. The maximum Gasteiger partial charge on any atom is 0.472 e. The highest BCUT2D eigenvalue weighted by molar-refractivity contribution is 7.47. The van der Waals surface area contributed by atoms with Gasteiger partial charge < -0.3 is 20.1 Å². The second-order valence-electron chi connectivity index (χ2n) is 14.5. The molecule has 328 valence electrons. The maximum atomic E-state index is 12.6. The van der Waals surface area contributed by atoms with Gasteiger partial charge in [-0.1, -0.05) is 157 Å². The fourth-order valence-corrected chi connectivity index (χ4v) is 6.54. The van der Waals surface area contributed by atoms with Crippen molar-refractivity contribution in [2.24, 2.45) is 5.73 Å². The molecule has 0 heterocycles. The van der Waals surface area contributed by atoms with Crippen LogP contribution in [-0.4, -0.2) is 49.3 Å². The first kappa shape index (κ1) is 54.5. The number of hydrogen-bond donors (Lipinski definition) is 2. The second-order valence-corrected chi connectivity index (χ2v) is 16.0. The molecule has 0 aromatic rings. The predicted octanol–water partition coefficient (Wildman–Crippen LogP) is 13.1.